The van der Waals surface area contributed by atoms with Gasteiger partial charge in [0.15, 0.2) is 0 Å². The number of benzene rings is 2. The molecule has 1 aromatic heterocycles. The molecule has 1 aliphatic rings. The molecule has 28 heavy (non-hydrogen) atoms. The lowest BCUT2D eigenvalue weighted by molar-refractivity contribution is -0.116. The third-order valence-corrected chi connectivity index (χ3v) is 5.91. The first kappa shape index (κ1) is 18.6. The number of amides is 1. The van der Waals surface area contributed by atoms with Crippen molar-refractivity contribution >= 4 is 35.0 Å². The highest BCUT2D eigenvalue weighted by atomic mass is 35.5. The maximum Gasteiger partial charge on any atom is 0.240 e. The van der Waals surface area contributed by atoms with E-state index in [1.807, 2.05) is 35.9 Å². The molecule has 0 saturated heterocycles. The minimum atomic E-state index is -0.444. The lowest BCUT2D eigenvalue weighted by Crippen LogP contribution is -2.41. The fraction of sp³-hybridized carbons (Fsp3) is 0.211. The van der Waals surface area contributed by atoms with Crippen molar-refractivity contribution in [3.63, 3.8) is 0 Å². The van der Waals surface area contributed by atoms with E-state index in [1.54, 1.807) is 31.4 Å². The maximum atomic E-state index is 13.1. The summed E-state index contributed by atoms with van der Waals surface area (Å²) >= 11 is 7.31. The third-order valence-electron chi connectivity index (χ3n) is 4.44. The highest BCUT2D eigenvalue weighted by Gasteiger charge is 2.37. The van der Waals surface area contributed by atoms with Gasteiger partial charge in [-0.15, -0.1) is 10.2 Å². The molecule has 2 aromatic carbocycles. The molecule has 9 heteroatoms. The zero-order valence-electron chi connectivity index (χ0n) is 15.2. The predicted octanol–water partition coefficient (Wildman–Crippen LogP) is 3.65. The number of anilines is 1. The monoisotopic (exact) mass is 415 g/mol. The van der Waals surface area contributed by atoms with Crippen LogP contribution in [-0.4, -0.2) is 33.1 Å². The van der Waals surface area contributed by atoms with E-state index in [4.69, 9.17) is 16.3 Å². The Hall–Kier alpha value is -2.71. The number of aryl methyl sites for hydroxylation is 1. The number of hydrogen-bond acceptors (Lipinski definition) is 6. The van der Waals surface area contributed by atoms with E-state index in [1.165, 1.54) is 11.8 Å². The molecule has 1 aliphatic heterocycles. The van der Waals surface area contributed by atoms with E-state index in [0.29, 0.717) is 15.9 Å². The average molecular weight is 416 g/mol. The minimum Gasteiger partial charge on any atom is -0.497 e. The Labute approximate surface area is 171 Å². The minimum absolute atomic E-state index is 0.132. The largest absolute Gasteiger partial charge is 0.497 e. The van der Waals surface area contributed by atoms with Gasteiger partial charge in [-0.25, -0.2) is 4.68 Å². The van der Waals surface area contributed by atoms with Gasteiger partial charge in [-0.2, -0.15) is 0 Å². The molecule has 0 radical (unpaired) electrons. The van der Waals surface area contributed by atoms with Crippen LogP contribution in [0.25, 0.3) is 0 Å². The Balaban J connectivity index is 1.64. The van der Waals surface area contributed by atoms with Crippen molar-refractivity contribution in [2.75, 3.05) is 17.9 Å². The van der Waals surface area contributed by atoms with E-state index in [9.17, 15) is 4.79 Å². The molecule has 0 fully saturated rings. The molecule has 7 nitrogen and oxygen atoms in total. The zero-order valence-corrected chi connectivity index (χ0v) is 16.8. The Kier molecular flexibility index (Phi) is 5.15. The fourth-order valence-electron chi connectivity index (χ4n) is 2.97. The van der Waals surface area contributed by atoms with Crippen LogP contribution in [0.4, 0.5) is 5.69 Å². The van der Waals surface area contributed by atoms with Crippen LogP contribution < -0.4 is 15.5 Å². The number of carbonyl (C=O) groups is 1. The summed E-state index contributed by atoms with van der Waals surface area (Å²) in [4.78, 5) is 13.1. The number of ether oxygens (including phenoxy) is 1. The molecular formula is C19H18ClN5O2S. The van der Waals surface area contributed by atoms with Crippen molar-refractivity contribution < 1.29 is 9.53 Å². The van der Waals surface area contributed by atoms with Crippen molar-refractivity contribution in [2.24, 2.45) is 0 Å². The molecule has 2 heterocycles. The number of methoxy groups -OCH3 is 1. The highest BCUT2D eigenvalue weighted by molar-refractivity contribution is 8.00. The average Bonchev–Trinajstić information content (AvgIpc) is 3.09. The number of thioether (sulfide) groups is 1. The van der Waals surface area contributed by atoms with Crippen LogP contribution in [0.15, 0.2) is 53.7 Å². The van der Waals surface area contributed by atoms with Crippen LogP contribution in [0, 0.1) is 6.92 Å². The lowest BCUT2D eigenvalue weighted by atomic mass is 10.0. The van der Waals surface area contributed by atoms with E-state index >= 15 is 0 Å². The summed E-state index contributed by atoms with van der Waals surface area (Å²) in [6.07, 6.45) is 0. The van der Waals surface area contributed by atoms with E-state index in [-0.39, 0.29) is 11.9 Å². The van der Waals surface area contributed by atoms with E-state index in [2.05, 4.69) is 20.9 Å². The number of fused-ring (bicyclic) bond motifs is 1. The summed E-state index contributed by atoms with van der Waals surface area (Å²) in [5.41, 5.74) is 5.02. The van der Waals surface area contributed by atoms with Gasteiger partial charge in [-0.1, -0.05) is 35.5 Å². The van der Waals surface area contributed by atoms with E-state index in [0.717, 1.165) is 17.1 Å². The van der Waals surface area contributed by atoms with Crippen molar-refractivity contribution in [1.29, 1.82) is 0 Å². The zero-order chi connectivity index (χ0) is 19.7. The van der Waals surface area contributed by atoms with Crippen molar-refractivity contribution in [3.8, 4) is 5.75 Å². The Bertz CT molecular complexity index is 991. The standard InChI is InChI=1S/C19H18ClN5O2S/c1-11-22-23-19-25(11)24-16(12-3-9-15(27-2)10-4-12)17(28-19)18(26)21-14-7-5-13(20)6-8-14/h3-10,16-17,24H,1-2H3,(H,21,26)/t16-,17+/m0/s1. The molecule has 0 aliphatic carbocycles. The second kappa shape index (κ2) is 7.73. The highest BCUT2D eigenvalue weighted by Crippen LogP contribution is 2.37. The number of aromatic nitrogens is 3. The molecule has 0 spiro atoms. The molecule has 0 bridgehead atoms. The van der Waals surface area contributed by atoms with Gasteiger partial charge < -0.3 is 15.5 Å². The number of halogens is 1. The first-order valence-corrected chi connectivity index (χ1v) is 9.86. The topological polar surface area (TPSA) is 81.1 Å². The summed E-state index contributed by atoms with van der Waals surface area (Å²) < 4.78 is 7.05. The first-order valence-electron chi connectivity index (χ1n) is 8.61. The number of rotatable bonds is 4. The molecule has 1 amide bonds. The number of carbonyl (C=O) groups excluding carboxylic acids is 1. The second-order valence-electron chi connectivity index (χ2n) is 6.28. The van der Waals surface area contributed by atoms with Crippen LogP contribution in [-0.2, 0) is 4.79 Å². The number of nitrogens with one attached hydrogen (secondary N) is 2. The third kappa shape index (κ3) is 3.65. The van der Waals surface area contributed by atoms with Crippen LogP contribution in [0.1, 0.15) is 17.4 Å². The van der Waals surface area contributed by atoms with Gasteiger partial charge in [0.1, 0.15) is 16.8 Å². The van der Waals surface area contributed by atoms with Gasteiger partial charge in [0.25, 0.3) is 0 Å². The molecular weight excluding hydrogens is 398 g/mol. The molecule has 144 valence electrons. The van der Waals surface area contributed by atoms with Crippen LogP contribution in [0.2, 0.25) is 5.02 Å². The molecule has 3 aromatic rings. The van der Waals surface area contributed by atoms with Gasteiger partial charge in [0, 0.05) is 10.7 Å². The molecule has 4 rings (SSSR count). The van der Waals surface area contributed by atoms with Crippen LogP contribution in [0.3, 0.4) is 0 Å². The van der Waals surface area contributed by atoms with Gasteiger partial charge in [-0.05, 0) is 48.9 Å². The van der Waals surface area contributed by atoms with Gasteiger partial charge in [0.05, 0.1) is 13.2 Å². The van der Waals surface area contributed by atoms with Crippen LogP contribution >= 0.6 is 23.4 Å². The van der Waals surface area contributed by atoms with Crippen molar-refractivity contribution in [3.05, 3.63) is 64.9 Å². The second-order valence-corrected chi connectivity index (χ2v) is 7.82. The van der Waals surface area contributed by atoms with Gasteiger partial charge in [0.2, 0.25) is 11.1 Å². The SMILES string of the molecule is COc1ccc([C@@H]2Nn3c(C)nnc3S[C@H]2C(=O)Nc2ccc(Cl)cc2)cc1. The maximum absolute atomic E-state index is 13.1. The summed E-state index contributed by atoms with van der Waals surface area (Å²) in [5, 5.41) is 12.0. The lowest BCUT2D eigenvalue weighted by Gasteiger charge is -2.32. The quantitative estimate of drug-likeness (QED) is 0.677. The Morgan fingerprint density at radius 1 is 1.18 bits per heavy atom. The normalized spacial score (nSPS) is 18.1. The molecule has 2 atom stereocenters. The van der Waals surface area contributed by atoms with Crippen molar-refractivity contribution in [2.45, 2.75) is 23.4 Å². The summed E-state index contributed by atoms with van der Waals surface area (Å²) in [7, 11) is 1.62. The smallest absolute Gasteiger partial charge is 0.240 e. The van der Waals surface area contributed by atoms with Crippen molar-refractivity contribution in [1.82, 2.24) is 14.9 Å². The van der Waals surface area contributed by atoms with Gasteiger partial charge in [-0.3, -0.25) is 4.79 Å². The predicted molar refractivity (Wildman–Crippen MR) is 110 cm³/mol. The molecule has 0 saturated carbocycles. The summed E-state index contributed by atoms with van der Waals surface area (Å²) in [6, 6.07) is 14.4. The summed E-state index contributed by atoms with van der Waals surface area (Å²) in [6.45, 7) is 1.86. The van der Waals surface area contributed by atoms with Crippen LogP contribution in [0.5, 0.6) is 5.75 Å². The van der Waals surface area contributed by atoms with Gasteiger partial charge >= 0.3 is 0 Å². The Morgan fingerprint density at radius 2 is 1.89 bits per heavy atom. The molecule has 2 N–H and O–H groups in total. The van der Waals surface area contributed by atoms with E-state index < -0.39 is 5.25 Å². The Morgan fingerprint density at radius 3 is 2.57 bits per heavy atom. The summed E-state index contributed by atoms with van der Waals surface area (Å²) in [5.74, 6) is 1.36. The molecule has 0 unspecified atom stereocenters. The number of nitrogens with zero attached hydrogens (tertiary/aromatic N) is 3. The first-order chi connectivity index (χ1) is 13.5. The fourth-order valence-corrected chi connectivity index (χ4v) is 4.22. The number of hydrogen-bond donors (Lipinski definition) is 2.